The molecule has 0 aliphatic heterocycles. The van der Waals surface area contributed by atoms with Gasteiger partial charge in [-0.25, -0.2) is 4.68 Å². The second-order valence-electron chi connectivity index (χ2n) is 4.80. The number of halogens is 1. The van der Waals surface area contributed by atoms with E-state index in [0.717, 1.165) is 5.69 Å². The molecule has 0 saturated heterocycles. The predicted molar refractivity (Wildman–Crippen MR) is 92.4 cm³/mol. The normalized spacial score (nSPS) is 11.4. The van der Waals surface area contributed by atoms with Crippen molar-refractivity contribution in [3.8, 4) is 5.69 Å². The Morgan fingerprint density at radius 1 is 1.55 bits per heavy atom. The second-order valence-corrected chi connectivity index (χ2v) is 6.02. The van der Waals surface area contributed by atoms with Crippen LogP contribution in [0.4, 0.5) is 5.69 Å². The Morgan fingerprint density at radius 2 is 2.27 bits per heavy atom. The van der Waals surface area contributed by atoms with Gasteiger partial charge in [0.2, 0.25) is 5.91 Å². The molecule has 0 bridgehead atoms. The molecule has 0 spiro atoms. The maximum atomic E-state index is 12.4. The average Bonchev–Trinajstić information content (AvgIpc) is 2.88. The van der Waals surface area contributed by atoms with Gasteiger partial charge in [0.25, 0.3) is 0 Å². The number of anilines is 1. The highest BCUT2D eigenvalue weighted by Crippen LogP contribution is 2.30. The molecule has 0 atom stereocenters. The molecule has 4 radical (unpaired) electrons. The van der Waals surface area contributed by atoms with E-state index >= 15 is 0 Å². The summed E-state index contributed by atoms with van der Waals surface area (Å²) < 4.78 is 1.54. The van der Waals surface area contributed by atoms with Gasteiger partial charge in [-0.05, 0) is 29.4 Å². The van der Waals surface area contributed by atoms with E-state index in [1.807, 2.05) is 12.3 Å². The predicted octanol–water partition coefficient (Wildman–Crippen LogP) is 1.70. The molecular weight excluding hydrogens is 317 g/mol. The molecule has 0 aliphatic rings. The van der Waals surface area contributed by atoms with Gasteiger partial charge < -0.3 is 4.90 Å². The molecule has 0 aliphatic carbocycles. The summed E-state index contributed by atoms with van der Waals surface area (Å²) in [5.74, 6) is -0.139. The lowest BCUT2D eigenvalue weighted by Gasteiger charge is -2.29. The van der Waals surface area contributed by atoms with Gasteiger partial charge >= 0.3 is 0 Å². The van der Waals surface area contributed by atoms with Crippen LogP contribution >= 0.6 is 23.4 Å². The average molecular weight is 330 g/mol. The Balaban J connectivity index is 2.30. The van der Waals surface area contributed by atoms with Gasteiger partial charge in [-0.15, -0.1) is 0 Å². The van der Waals surface area contributed by atoms with Crippen molar-refractivity contribution in [3.05, 3.63) is 35.9 Å². The number of hydrogen-bond acceptors (Lipinski definition) is 4. The molecule has 9 heteroatoms. The molecule has 2 aromatic heterocycles. The van der Waals surface area contributed by atoms with Crippen molar-refractivity contribution in [2.45, 2.75) is 5.21 Å². The number of rotatable bonds is 5. The van der Waals surface area contributed by atoms with Gasteiger partial charge in [0.15, 0.2) is 5.15 Å². The first-order valence-electron chi connectivity index (χ1n) is 6.37. The number of nitrogens with zero attached hydrogens (tertiary/aromatic N) is 4. The summed E-state index contributed by atoms with van der Waals surface area (Å²) >= 11 is 7.52. The highest BCUT2D eigenvalue weighted by molar-refractivity contribution is 7.98. The fourth-order valence-electron chi connectivity index (χ4n) is 1.91. The van der Waals surface area contributed by atoms with Crippen molar-refractivity contribution < 1.29 is 4.79 Å². The third-order valence-electron chi connectivity index (χ3n) is 3.01. The summed E-state index contributed by atoms with van der Waals surface area (Å²) in [6, 6.07) is 3.61. The van der Waals surface area contributed by atoms with E-state index in [4.69, 9.17) is 27.3 Å². The number of hydrogen-bond donors (Lipinski definition) is 0. The quantitative estimate of drug-likeness (QED) is 0.783. The Hall–Kier alpha value is -1.40. The highest BCUT2D eigenvalue weighted by atomic mass is 35.5. The van der Waals surface area contributed by atoms with E-state index in [1.54, 1.807) is 31.7 Å². The molecule has 0 unspecified atom stereocenters. The van der Waals surface area contributed by atoms with Gasteiger partial charge in [0, 0.05) is 13.2 Å². The van der Waals surface area contributed by atoms with Crippen LogP contribution in [0.3, 0.4) is 0 Å². The smallest absolute Gasteiger partial charge is 0.216 e. The van der Waals surface area contributed by atoms with Crippen LogP contribution in [0, 0.1) is 0 Å². The Labute approximate surface area is 141 Å². The van der Waals surface area contributed by atoms with Gasteiger partial charge in [0.05, 0.1) is 33.8 Å². The van der Waals surface area contributed by atoms with E-state index in [9.17, 15) is 4.79 Å². The molecular formula is C13H13B2ClN4OS. The molecule has 110 valence electrons. The lowest BCUT2D eigenvalue weighted by molar-refractivity contribution is -0.118. The number of carbonyl (C=O) groups excluding carboxylic acids is 1. The molecule has 2 aromatic rings. The minimum Gasteiger partial charge on any atom is -0.312 e. The maximum absolute atomic E-state index is 12.4. The van der Waals surface area contributed by atoms with Crippen molar-refractivity contribution >= 4 is 50.6 Å². The van der Waals surface area contributed by atoms with Crippen LogP contribution in [0.25, 0.3) is 5.69 Å². The fraction of sp³-hybridized carbons (Fsp3) is 0.308. The van der Waals surface area contributed by atoms with Crippen molar-refractivity contribution in [1.29, 1.82) is 0 Å². The molecule has 2 rings (SSSR count). The molecule has 0 saturated carbocycles. The van der Waals surface area contributed by atoms with Crippen LogP contribution < -0.4 is 4.90 Å². The van der Waals surface area contributed by atoms with Crippen molar-refractivity contribution in [2.24, 2.45) is 0 Å². The second kappa shape index (κ2) is 6.79. The van der Waals surface area contributed by atoms with Gasteiger partial charge in [0.1, 0.15) is 5.69 Å². The van der Waals surface area contributed by atoms with Gasteiger partial charge in [-0.3, -0.25) is 9.78 Å². The molecule has 0 fully saturated rings. The molecule has 22 heavy (non-hydrogen) atoms. The van der Waals surface area contributed by atoms with E-state index < -0.39 is 11.1 Å². The SMILES string of the molecule is [B]C([B])(CSC)C(=O)N(C)c1cn(-c2cccnc2)nc1Cl. The summed E-state index contributed by atoms with van der Waals surface area (Å²) in [6.45, 7) is 0. The standard InChI is InChI=1S/C13H13B2ClN4OS/c1-19(12(21)13(14,15)8-22-2)10-7-20(18-11(10)16)9-4-3-5-17-6-9/h3-7H,8H2,1-2H3. The number of aromatic nitrogens is 3. The van der Waals surface area contributed by atoms with Crippen LogP contribution in [0.2, 0.25) is 10.4 Å². The van der Waals surface area contributed by atoms with E-state index in [1.165, 1.54) is 21.3 Å². The molecule has 0 N–H and O–H groups in total. The van der Waals surface area contributed by atoms with Gasteiger partial charge in [-0.2, -0.15) is 16.9 Å². The first-order valence-corrected chi connectivity index (χ1v) is 8.14. The zero-order valence-corrected chi connectivity index (χ0v) is 13.8. The lowest BCUT2D eigenvalue weighted by atomic mass is 9.55. The lowest BCUT2D eigenvalue weighted by Crippen LogP contribution is -2.39. The van der Waals surface area contributed by atoms with Crippen LogP contribution in [0.15, 0.2) is 30.7 Å². The zero-order chi connectivity index (χ0) is 16.3. The van der Waals surface area contributed by atoms with Crippen molar-refractivity contribution in [1.82, 2.24) is 14.8 Å². The fourth-order valence-corrected chi connectivity index (χ4v) is 2.77. The molecule has 0 aromatic carbocycles. The third kappa shape index (κ3) is 3.50. The third-order valence-corrected chi connectivity index (χ3v) is 4.04. The summed E-state index contributed by atoms with van der Waals surface area (Å²) in [7, 11) is 13.3. The number of carbonyl (C=O) groups is 1. The van der Waals surface area contributed by atoms with Gasteiger partial charge in [-0.1, -0.05) is 11.6 Å². The number of amides is 1. The summed E-state index contributed by atoms with van der Waals surface area (Å²) in [6.07, 6.45) is 6.76. The molecule has 2 heterocycles. The van der Waals surface area contributed by atoms with Crippen molar-refractivity contribution in [2.75, 3.05) is 24.0 Å². The van der Waals surface area contributed by atoms with E-state index in [0.29, 0.717) is 11.4 Å². The largest absolute Gasteiger partial charge is 0.312 e. The Bertz CT molecular complexity index is 665. The zero-order valence-electron chi connectivity index (χ0n) is 12.2. The van der Waals surface area contributed by atoms with E-state index in [2.05, 4.69) is 10.1 Å². The van der Waals surface area contributed by atoms with Crippen LogP contribution in [0.1, 0.15) is 0 Å². The van der Waals surface area contributed by atoms with Crippen LogP contribution in [-0.4, -0.2) is 55.4 Å². The summed E-state index contributed by atoms with van der Waals surface area (Å²) in [5, 5.41) is 2.89. The Morgan fingerprint density at radius 3 is 2.86 bits per heavy atom. The summed E-state index contributed by atoms with van der Waals surface area (Å²) in [4.78, 5) is 17.7. The van der Waals surface area contributed by atoms with Crippen LogP contribution in [0.5, 0.6) is 0 Å². The van der Waals surface area contributed by atoms with E-state index in [-0.39, 0.29) is 5.15 Å². The topological polar surface area (TPSA) is 51.0 Å². The first kappa shape index (κ1) is 17.0. The summed E-state index contributed by atoms with van der Waals surface area (Å²) in [5.41, 5.74) is 1.16. The minimum atomic E-state index is -1.46. The number of thioether (sulfide) groups is 1. The maximum Gasteiger partial charge on any atom is 0.216 e. The minimum absolute atomic E-state index is 0.180. The van der Waals surface area contributed by atoms with Crippen molar-refractivity contribution in [3.63, 3.8) is 0 Å². The first-order chi connectivity index (χ1) is 10.4. The Kier molecular flexibility index (Phi) is 5.24. The highest BCUT2D eigenvalue weighted by Gasteiger charge is 2.31. The monoisotopic (exact) mass is 330 g/mol. The molecule has 5 nitrogen and oxygen atoms in total. The molecule has 1 amide bonds. The number of pyridine rings is 1. The van der Waals surface area contributed by atoms with Crippen LogP contribution in [-0.2, 0) is 4.79 Å².